The van der Waals surface area contributed by atoms with E-state index >= 15 is 0 Å². The van der Waals surface area contributed by atoms with Gasteiger partial charge in [0.2, 0.25) is 5.91 Å². The summed E-state index contributed by atoms with van der Waals surface area (Å²) in [5.74, 6) is 0.835. The van der Waals surface area contributed by atoms with Crippen molar-refractivity contribution in [2.24, 2.45) is 0 Å². The van der Waals surface area contributed by atoms with Crippen LogP contribution in [0.1, 0.15) is 0 Å². The number of anilines is 2. The number of methoxy groups -OCH3 is 2. The van der Waals surface area contributed by atoms with Gasteiger partial charge in [-0.05, 0) is 30.3 Å². The molecule has 0 saturated carbocycles. The van der Waals surface area contributed by atoms with Crippen molar-refractivity contribution in [2.75, 3.05) is 44.1 Å². The molecule has 3 rings (SSSR count). The van der Waals surface area contributed by atoms with Crippen LogP contribution in [0.2, 0.25) is 10.0 Å². The van der Waals surface area contributed by atoms with Crippen LogP contribution in [-0.2, 0) is 4.79 Å². The summed E-state index contributed by atoms with van der Waals surface area (Å²) in [6.45, 7) is 0.762. The number of nitrogens with one attached hydrogen (secondary N) is 1. The summed E-state index contributed by atoms with van der Waals surface area (Å²) in [5.41, 5.74) is 1.11. The number of carbonyl (C=O) groups excluding carboxylic acids is 2. The molecule has 1 aliphatic rings. The molecule has 7 nitrogen and oxygen atoms in total. The summed E-state index contributed by atoms with van der Waals surface area (Å²) in [6, 6.07) is 9.74. The van der Waals surface area contributed by atoms with Gasteiger partial charge in [-0.25, -0.2) is 4.79 Å². The second-order valence-corrected chi connectivity index (χ2v) is 6.89. The summed E-state index contributed by atoms with van der Waals surface area (Å²) in [4.78, 5) is 28.2. The molecule has 0 atom stereocenters. The first kappa shape index (κ1) is 20.1. The maximum absolute atomic E-state index is 12.8. The van der Waals surface area contributed by atoms with E-state index in [9.17, 15) is 9.59 Å². The number of ether oxygens (including phenoxy) is 2. The Bertz CT molecular complexity index is 907. The molecule has 0 aromatic heterocycles. The molecule has 28 heavy (non-hydrogen) atoms. The zero-order valence-electron chi connectivity index (χ0n) is 15.4. The molecule has 0 bridgehead atoms. The highest BCUT2D eigenvalue weighted by Gasteiger charge is 2.32. The maximum atomic E-state index is 12.8. The predicted molar refractivity (Wildman–Crippen MR) is 109 cm³/mol. The van der Waals surface area contributed by atoms with Crippen LogP contribution in [0.25, 0.3) is 0 Å². The molecule has 3 amide bonds. The zero-order valence-corrected chi connectivity index (χ0v) is 16.9. The van der Waals surface area contributed by atoms with Gasteiger partial charge in [0, 0.05) is 24.8 Å². The molecular formula is C19H19Cl2N3O4. The molecule has 1 N–H and O–H groups in total. The molecule has 1 heterocycles. The molecule has 0 spiro atoms. The number of carbonyl (C=O) groups is 2. The van der Waals surface area contributed by atoms with Crippen molar-refractivity contribution in [1.82, 2.24) is 4.90 Å². The van der Waals surface area contributed by atoms with Gasteiger partial charge in [-0.15, -0.1) is 0 Å². The van der Waals surface area contributed by atoms with Crippen LogP contribution in [0.3, 0.4) is 0 Å². The standard InChI is InChI=1S/C19H19Cl2N3O4/c1-27-13-4-6-17(28-2)16(10-13)24-8-7-23(19(24)26)11-18(25)22-12-3-5-14(20)15(21)9-12/h3-6,9-10H,7-8,11H2,1-2H3,(H,22,25). The van der Waals surface area contributed by atoms with E-state index in [1.54, 1.807) is 48.4 Å². The summed E-state index contributed by atoms with van der Waals surface area (Å²) in [6.07, 6.45) is 0. The topological polar surface area (TPSA) is 71.1 Å². The zero-order chi connectivity index (χ0) is 20.3. The first-order valence-corrected chi connectivity index (χ1v) is 9.22. The third-order valence-electron chi connectivity index (χ3n) is 4.31. The van der Waals surface area contributed by atoms with Crippen LogP contribution < -0.4 is 19.7 Å². The number of hydrogen-bond acceptors (Lipinski definition) is 4. The van der Waals surface area contributed by atoms with E-state index < -0.39 is 0 Å². The number of hydrogen-bond donors (Lipinski definition) is 1. The fourth-order valence-corrected chi connectivity index (χ4v) is 3.21. The Kier molecular flexibility index (Phi) is 6.16. The minimum absolute atomic E-state index is 0.0815. The van der Waals surface area contributed by atoms with Gasteiger partial charge < -0.3 is 19.7 Å². The fraction of sp³-hybridized carbons (Fsp3) is 0.263. The van der Waals surface area contributed by atoms with Crippen LogP contribution in [0, 0.1) is 0 Å². The van der Waals surface area contributed by atoms with E-state index in [0.717, 1.165) is 0 Å². The molecule has 0 radical (unpaired) electrons. The molecule has 1 saturated heterocycles. The molecular weight excluding hydrogens is 405 g/mol. The highest BCUT2D eigenvalue weighted by Crippen LogP contribution is 2.34. The van der Waals surface area contributed by atoms with Crippen LogP contribution >= 0.6 is 23.2 Å². The van der Waals surface area contributed by atoms with Gasteiger partial charge >= 0.3 is 6.03 Å². The lowest BCUT2D eigenvalue weighted by Crippen LogP contribution is -2.37. The van der Waals surface area contributed by atoms with Crippen molar-refractivity contribution in [3.05, 3.63) is 46.4 Å². The monoisotopic (exact) mass is 423 g/mol. The van der Waals surface area contributed by atoms with Crippen LogP contribution in [-0.4, -0.2) is 50.7 Å². The smallest absolute Gasteiger partial charge is 0.325 e. The van der Waals surface area contributed by atoms with E-state index in [1.165, 1.54) is 12.0 Å². The van der Waals surface area contributed by atoms with Gasteiger partial charge in [-0.1, -0.05) is 23.2 Å². The molecule has 2 aromatic rings. The van der Waals surface area contributed by atoms with Gasteiger partial charge in [0.05, 0.1) is 30.0 Å². The van der Waals surface area contributed by atoms with Crippen molar-refractivity contribution < 1.29 is 19.1 Å². The SMILES string of the molecule is COc1ccc(OC)c(N2CCN(CC(=O)Nc3ccc(Cl)c(Cl)c3)C2=O)c1. The third kappa shape index (κ3) is 4.26. The van der Waals surface area contributed by atoms with Gasteiger partial charge in [-0.3, -0.25) is 9.69 Å². The van der Waals surface area contributed by atoms with Crippen molar-refractivity contribution in [1.29, 1.82) is 0 Å². The van der Waals surface area contributed by atoms with E-state index in [-0.39, 0.29) is 18.5 Å². The molecule has 1 fully saturated rings. The Morgan fingerprint density at radius 2 is 1.86 bits per heavy atom. The maximum Gasteiger partial charge on any atom is 0.325 e. The highest BCUT2D eigenvalue weighted by molar-refractivity contribution is 6.42. The lowest BCUT2D eigenvalue weighted by molar-refractivity contribution is -0.116. The summed E-state index contributed by atoms with van der Waals surface area (Å²) in [5, 5.41) is 3.45. The second-order valence-electron chi connectivity index (χ2n) is 6.07. The quantitative estimate of drug-likeness (QED) is 0.764. The normalized spacial score (nSPS) is 13.6. The van der Waals surface area contributed by atoms with Crippen molar-refractivity contribution in [2.45, 2.75) is 0 Å². The molecule has 0 unspecified atom stereocenters. The lowest BCUT2D eigenvalue weighted by Gasteiger charge is -2.21. The minimum Gasteiger partial charge on any atom is -0.497 e. The summed E-state index contributed by atoms with van der Waals surface area (Å²) >= 11 is 11.8. The van der Waals surface area contributed by atoms with Gasteiger partial charge in [0.15, 0.2) is 0 Å². The Balaban J connectivity index is 1.68. The van der Waals surface area contributed by atoms with E-state index in [1.807, 2.05) is 0 Å². The fourth-order valence-electron chi connectivity index (χ4n) is 2.91. The number of benzene rings is 2. The van der Waals surface area contributed by atoms with Gasteiger partial charge in [-0.2, -0.15) is 0 Å². The van der Waals surface area contributed by atoms with Gasteiger partial charge in [0.1, 0.15) is 18.0 Å². The van der Waals surface area contributed by atoms with Crippen LogP contribution in [0.5, 0.6) is 11.5 Å². The first-order chi connectivity index (χ1) is 13.4. The summed E-state index contributed by atoms with van der Waals surface area (Å²) < 4.78 is 10.6. The second kappa shape index (κ2) is 8.58. The number of rotatable bonds is 6. The minimum atomic E-state index is -0.328. The molecule has 9 heteroatoms. The number of amides is 3. The first-order valence-electron chi connectivity index (χ1n) is 8.46. The van der Waals surface area contributed by atoms with Crippen LogP contribution in [0.4, 0.5) is 16.2 Å². The Hall–Kier alpha value is -2.64. The van der Waals surface area contributed by atoms with E-state index in [4.69, 9.17) is 32.7 Å². The molecule has 1 aliphatic heterocycles. The largest absolute Gasteiger partial charge is 0.497 e. The Morgan fingerprint density at radius 1 is 1.07 bits per heavy atom. The van der Waals surface area contributed by atoms with E-state index in [0.29, 0.717) is 46.0 Å². The Labute approximate surface area is 172 Å². The molecule has 148 valence electrons. The van der Waals surface area contributed by atoms with Gasteiger partial charge in [0.25, 0.3) is 0 Å². The Morgan fingerprint density at radius 3 is 2.54 bits per heavy atom. The third-order valence-corrected chi connectivity index (χ3v) is 5.05. The molecule has 0 aliphatic carbocycles. The van der Waals surface area contributed by atoms with Crippen molar-refractivity contribution in [3.63, 3.8) is 0 Å². The average molecular weight is 424 g/mol. The number of urea groups is 1. The van der Waals surface area contributed by atoms with E-state index in [2.05, 4.69) is 5.32 Å². The van der Waals surface area contributed by atoms with Crippen molar-refractivity contribution >= 4 is 46.5 Å². The average Bonchev–Trinajstić information content (AvgIpc) is 3.04. The predicted octanol–water partition coefficient (Wildman–Crippen LogP) is 3.89. The molecule has 2 aromatic carbocycles. The highest BCUT2D eigenvalue weighted by atomic mass is 35.5. The number of nitrogens with zero attached hydrogens (tertiary/aromatic N) is 2. The van der Waals surface area contributed by atoms with Crippen LogP contribution in [0.15, 0.2) is 36.4 Å². The number of halogens is 2. The lowest BCUT2D eigenvalue weighted by atomic mass is 10.2. The summed E-state index contributed by atoms with van der Waals surface area (Å²) in [7, 11) is 3.09. The van der Waals surface area contributed by atoms with Crippen molar-refractivity contribution in [3.8, 4) is 11.5 Å².